The van der Waals surface area contributed by atoms with Crippen molar-refractivity contribution >= 4 is 45.8 Å². The van der Waals surface area contributed by atoms with E-state index in [0.717, 1.165) is 5.56 Å². The van der Waals surface area contributed by atoms with Crippen molar-refractivity contribution in [2.45, 2.75) is 20.5 Å². The van der Waals surface area contributed by atoms with E-state index in [2.05, 4.69) is 10.3 Å². The molecule has 4 aromatic rings. The van der Waals surface area contributed by atoms with Gasteiger partial charge in [0.1, 0.15) is 17.9 Å². The molecule has 0 unspecified atom stereocenters. The molecule has 8 heteroatoms. The molecule has 0 bridgehead atoms. The Morgan fingerprint density at radius 1 is 0.917 bits per heavy atom. The lowest BCUT2D eigenvalue weighted by Gasteiger charge is -2.15. The number of nitrogens with one attached hydrogen (secondary N) is 1. The molecular weight excluding hydrogens is 480 g/mol. The average molecular weight is 505 g/mol. The highest BCUT2D eigenvalue weighted by molar-refractivity contribution is 6.31. The van der Waals surface area contributed by atoms with Gasteiger partial charge in [0.05, 0.1) is 30.0 Å². The quantitative estimate of drug-likeness (QED) is 0.258. The van der Waals surface area contributed by atoms with Crippen LogP contribution in [0.25, 0.3) is 10.9 Å². The Bertz CT molecular complexity index is 1380. The van der Waals surface area contributed by atoms with Crippen LogP contribution in [0.5, 0.6) is 5.75 Å². The number of fused-ring (bicyclic) bond motifs is 1. The summed E-state index contributed by atoms with van der Waals surface area (Å²) in [5, 5.41) is 4.53. The Kier molecular flexibility index (Phi) is 8.02. The third kappa shape index (κ3) is 5.75. The average Bonchev–Trinajstić information content (AvgIpc) is 2.89. The smallest absolute Gasteiger partial charge is 0.341 e. The van der Waals surface area contributed by atoms with E-state index in [1.165, 1.54) is 6.20 Å². The van der Waals surface area contributed by atoms with E-state index in [-0.39, 0.29) is 18.8 Å². The molecule has 1 aromatic heterocycles. The van der Waals surface area contributed by atoms with Crippen molar-refractivity contribution in [3.05, 3.63) is 94.6 Å². The summed E-state index contributed by atoms with van der Waals surface area (Å²) in [6.45, 7) is 4.30. The number of carbonyl (C=O) groups excluding carboxylic acids is 2. The molecule has 0 fully saturated rings. The van der Waals surface area contributed by atoms with Crippen molar-refractivity contribution in [3.63, 3.8) is 0 Å². The summed E-state index contributed by atoms with van der Waals surface area (Å²) >= 11 is 6.20. The van der Waals surface area contributed by atoms with Crippen molar-refractivity contribution < 1.29 is 23.8 Å². The summed E-state index contributed by atoms with van der Waals surface area (Å²) in [5.74, 6) is -0.308. The first-order valence-corrected chi connectivity index (χ1v) is 11.9. The van der Waals surface area contributed by atoms with E-state index >= 15 is 0 Å². The fourth-order valence-corrected chi connectivity index (χ4v) is 3.78. The second kappa shape index (κ2) is 11.6. The maximum atomic E-state index is 12.7. The summed E-state index contributed by atoms with van der Waals surface area (Å²) < 4.78 is 16.2. The van der Waals surface area contributed by atoms with Gasteiger partial charge in [-0.25, -0.2) is 9.59 Å². The van der Waals surface area contributed by atoms with E-state index in [1.807, 2.05) is 48.5 Å². The van der Waals surface area contributed by atoms with Gasteiger partial charge in [-0.15, -0.1) is 0 Å². The van der Waals surface area contributed by atoms with Crippen molar-refractivity contribution in [2.75, 3.05) is 18.5 Å². The molecule has 1 N–H and O–H groups in total. The fourth-order valence-electron chi connectivity index (χ4n) is 3.59. The molecule has 0 aliphatic heterocycles. The number of ether oxygens (including phenoxy) is 3. The van der Waals surface area contributed by atoms with Crippen LogP contribution in [0.2, 0.25) is 5.02 Å². The van der Waals surface area contributed by atoms with Gasteiger partial charge in [-0.05, 0) is 62.4 Å². The molecule has 36 heavy (non-hydrogen) atoms. The number of nitrogens with zero attached hydrogens (tertiary/aromatic N) is 1. The Morgan fingerprint density at radius 2 is 1.64 bits per heavy atom. The maximum absolute atomic E-state index is 12.7. The van der Waals surface area contributed by atoms with Gasteiger partial charge in [0.15, 0.2) is 0 Å². The van der Waals surface area contributed by atoms with Crippen molar-refractivity contribution in [3.8, 4) is 5.75 Å². The highest BCUT2D eigenvalue weighted by Gasteiger charge is 2.19. The molecule has 0 atom stereocenters. The molecule has 4 rings (SSSR count). The third-order valence-corrected chi connectivity index (χ3v) is 5.72. The molecule has 0 amide bonds. The highest BCUT2D eigenvalue weighted by Crippen LogP contribution is 2.31. The minimum Gasteiger partial charge on any atom is -0.489 e. The van der Waals surface area contributed by atoms with Crippen LogP contribution in [0.4, 0.5) is 11.4 Å². The zero-order valence-corrected chi connectivity index (χ0v) is 20.7. The predicted molar refractivity (Wildman–Crippen MR) is 139 cm³/mol. The van der Waals surface area contributed by atoms with E-state index < -0.39 is 11.9 Å². The molecule has 0 aliphatic carbocycles. The van der Waals surface area contributed by atoms with Crippen molar-refractivity contribution in [1.82, 2.24) is 4.98 Å². The number of aromatic nitrogens is 1. The summed E-state index contributed by atoms with van der Waals surface area (Å²) in [6, 6.07) is 19.8. The van der Waals surface area contributed by atoms with Gasteiger partial charge in [-0.1, -0.05) is 29.8 Å². The van der Waals surface area contributed by atoms with Gasteiger partial charge >= 0.3 is 11.9 Å². The summed E-state index contributed by atoms with van der Waals surface area (Å²) in [6.07, 6.45) is 1.47. The number of halogens is 1. The molecule has 1 heterocycles. The monoisotopic (exact) mass is 504 g/mol. The second-order valence-corrected chi connectivity index (χ2v) is 8.16. The molecule has 184 valence electrons. The molecule has 7 nitrogen and oxygen atoms in total. The van der Waals surface area contributed by atoms with Crippen LogP contribution < -0.4 is 10.1 Å². The summed E-state index contributed by atoms with van der Waals surface area (Å²) in [7, 11) is 0. The van der Waals surface area contributed by atoms with Gasteiger partial charge in [-0.3, -0.25) is 4.98 Å². The number of carbonyl (C=O) groups is 2. The van der Waals surface area contributed by atoms with Gasteiger partial charge < -0.3 is 19.5 Å². The summed E-state index contributed by atoms with van der Waals surface area (Å²) in [4.78, 5) is 29.4. The highest BCUT2D eigenvalue weighted by atomic mass is 35.5. The number of benzene rings is 3. The van der Waals surface area contributed by atoms with Gasteiger partial charge in [-0.2, -0.15) is 0 Å². The standard InChI is InChI=1S/C28H25ClN2O5/c1-3-34-27(32)18-9-14-25-22(15-18)26(23(16-30-25)28(33)35-4-2)31-20-10-12-21(13-11-20)36-17-19-7-5-6-8-24(19)29/h5-16H,3-4,17H2,1-2H3,(H,30,31). The predicted octanol–water partition coefficient (Wildman–Crippen LogP) is 6.56. The van der Waals surface area contributed by atoms with Crippen LogP contribution in [-0.2, 0) is 16.1 Å². The molecule has 3 aromatic carbocycles. The number of anilines is 2. The van der Waals surface area contributed by atoms with Gasteiger partial charge in [0.25, 0.3) is 0 Å². The lowest BCUT2D eigenvalue weighted by atomic mass is 10.1. The van der Waals surface area contributed by atoms with Crippen LogP contribution in [0.15, 0.2) is 72.9 Å². The van der Waals surface area contributed by atoms with E-state index in [0.29, 0.717) is 45.2 Å². The second-order valence-electron chi connectivity index (χ2n) is 7.75. The Hall–Kier alpha value is -4.10. The largest absolute Gasteiger partial charge is 0.489 e. The number of rotatable bonds is 9. The Balaban J connectivity index is 1.64. The number of hydrogen-bond donors (Lipinski definition) is 1. The number of pyridine rings is 1. The van der Waals surface area contributed by atoms with Crippen molar-refractivity contribution in [1.29, 1.82) is 0 Å². The minimum atomic E-state index is -0.518. The topological polar surface area (TPSA) is 86.8 Å². The molecule has 0 saturated carbocycles. The number of esters is 2. The SMILES string of the molecule is CCOC(=O)c1ccc2ncc(C(=O)OCC)c(Nc3ccc(OCc4ccccc4Cl)cc3)c2c1. The molecule has 0 spiro atoms. The first-order valence-electron chi connectivity index (χ1n) is 11.5. The van der Waals surface area contributed by atoms with E-state index in [9.17, 15) is 9.59 Å². The number of hydrogen-bond acceptors (Lipinski definition) is 7. The fraction of sp³-hybridized carbons (Fsp3) is 0.179. The lowest BCUT2D eigenvalue weighted by molar-refractivity contribution is 0.0518. The van der Waals surface area contributed by atoms with Crippen LogP contribution in [0.1, 0.15) is 40.1 Å². The molecule has 0 aliphatic rings. The van der Waals surface area contributed by atoms with Crippen LogP contribution in [-0.4, -0.2) is 30.1 Å². The van der Waals surface area contributed by atoms with E-state index in [1.54, 1.807) is 32.0 Å². The lowest BCUT2D eigenvalue weighted by Crippen LogP contribution is -2.10. The van der Waals surface area contributed by atoms with Gasteiger partial charge in [0.2, 0.25) is 0 Å². The third-order valence-electron chi connectivity index (χ3n) is 5.35. The first kappa shape index (κ1) is 25.0. The molecule has 0 saturated heterocycles. The molecular formula is C28H25ClN2O5. The first-order chi connectivity index (χ1) is 17.5. The zero-order chi connectivity index (χ0) is 25.5. The zero-order valence-electron chi connectivity index (χ0n) is 19.9. The normalized spacial score (nSPS) is 10.6. The van der Waals surface area contributed by atoms with Crippen LogP contribution in [0.3, 0.4) is 0 Å². The van der Waals surface area contributed by atoms with Crippen LogP contribution >= 0.6 is 11.6 Å². The molecule has 0 radical (unpaired) electrons. The van der Waals surface area contributed by atoms with E-state index in [4.69, 9.17) is 25.8 Å². The Morgan fingerprint density at radius 3 is 2.36 bits per heavy atom. The van der Waals surface area contributed by atoms with Gasteiger partial charge in [0, 0.05) is 27.9 Å². The minimum absolute atomic E-state index is 0.219. The Labute approximate surface area is 214 Å². The van der Waals surface area contributed by atoms with Crippen LogP contribution in [0, 0.1) is 0 Å². The maximum Gasteiger partial charge on any atom is 0.341 e. The summed E-state index contributed by atoms with van der Waals surface area (Å²) in [5.41, 5.74) is 3.30. The van der Waals surface area contributed by atoms with Crippen molar-refractivity contribution in [2.24, 2.45) is 0 Å².